The van der Waals surface area contributed by atoms with Gasteiger partial charge in [0, 0.05) is 18.5 Å². The van der Waals surface area contributed by atoms with E-state index in [4.69, 9.17) is 10.5 Å². The second-order valence-electron chi connectivity index (χ2n) is 4.93. The Hall–Kier alpha value is -2.07. The Balaban J connectivity index is 2.60. The quantitative estimate of drug-likeness (QED) is 0.910. The van der Waals surface area contributed by atoms with Gasteiger partial charge in [-0.1, -0.05) is 30.3 Å². The number of hydrogen-bond donors (Lipinski definition) is 1. The number of hydrogen-bond acceptors (Lipinski definition) is 2. The van der Waals surface area contributed by atoms with E-state index in [1.807, 2.05) is 43.3 Å². The number of ether oxygens (including phenoxy) is 1. The molecule has 4 nitrogen and oxygen atoms in total. The summed E-state index contributed by atoms with van der Waals surface area (Å²) in [5.74, 6) is -0.400. The van der Waals surface area contributed by atoms with Crippen LogP contribution in [-0.4, -0.2) is 24.2 Å². The average Bonchev–Trinajstić information content (AvgIpc) is 2.78. The lowest BCUT2D eigenvalue weighted by molar-refractivity contribution is 0.0999. The van der Waals surface area contributed by atoms with Crippen LogP contribution in [0.5, 0.6) is 0 Å². The Bertz CT molecular complexity index is 602. The molecule has 0 fully saturated rings. The lowest BCUT2D eigenvalue weighted by Crippen LogP contribution is -2.16. The fourth-order valence-electron chi connectivity index (χ4n) is 2.59. The zero-order valence-electron chi connectivity index (χ0n) is 12.1. The van der Waals surface area contributed by atoms with Crippen LogP contribution in [0.1, 0.15) is 29.0 Å². The monoisotopic (exact) mass is 272 g/mol. The molecule has 106 valence electrons. The minimum absolute atomic E-state index is 0.128. The first-order valence-corrected chi connectivity index (χ1v) is 6.62. The first-order chi connectivity index (χ1) is 9.56. The number of aromatic nitrogens is 1. The first-order valence-electron chi connectivity index (χ1n) is 6.62. The van der Waals surface area contributed by atoms with Crippen molar-refractivity contribution >= 4 is 5.91 Å². The van der Waals surface area contributed by atoms with Crippen LogP contribution in [-0.2, 0) is 4.74 Å². The molecule has 2 N–H and O–H groups in total. The summed E-state index contributed by atoms with van der Waals surface area (Å²) in [4.78, 5) is 11.6. The van der Waals surface area contributed by atoms with Crippen LogP contribution in [0.2, 0.25) is 0 Å². The molecular weight excluding hydrogens is 252 g/mol. The Kier molecular flexibility index (Phi) is 4.25. The number of amides is 1. The van der Waals surface area contributed by atoms with Gasteiger partial charge in [0.2, 0.25) is 0 Å². The van der Waals surface area contributed by atoms with E-state index in [9.17, 15) is 4.79 Å². The Morgan fingerprint density at radius 1 is 1.35 bits per heavy atom. The summed E-state index contributed by atoms with van der Waals surface area (Å²) in [6, 6.07) is 12.0. The van der Waals surface area contributed by atoms with Gasteiger partial charge in [0.15, 0.2) is 0 Å². The van der Waals surface area contributed by atoms with Crippen molar-refractivity contribution in [3.8, 4) is 11.3 Å². The van der Waals surface area contributed by atoms with Gasteiger partial charge in [-0.2, -0.15) is 0 Å². The second-order valence-corrected chi connectivity index (χ2v) is 4.93. The van der Waals surface area contributed by atoms with E-state index in [0.29, 0.717) is 12.2 Å². The van der Waals surface area contributed by atoms with Gasteiger partial charge < -0.3 is 15.0 Å². The van der Waals surface area contributed by atoms with Crippen LogP contribution in [0.15, 0.2) is 36.4 Å². The van der Waals surface area contributed by atoms with Gasteiger partial charge in [0.05, 0.1) is 18.2 Å². The van der Waals surface area contributed by atoms with Crippen molar-refractivity contribution in [2.45, 2.75) is 19.9 Å². The van der Waals surface area contributed by atoms with Crippen molar-refractivity contribution in [3.63, 3.8) is 0 Å². The van der Waals surface area contributed by atoms with Crippen LogP contribution in [0.3, 0.4) is 0 Å². The maximum absolute atomic E-state index is 11.6. The largest absolute Gasteiger partial charge is 0.383 e. The van der Waals surface area contributed by atoms with Crippen LogP contribution in [0.25, 0.3) is 11.3 Å². The van der Waals surface area contributed by atoms with Gasteiger partial charge in [-0.05, 0) is 25.5 Å². The van der Waals surface area contributed by atoms with Crippen molar-refractivity contribution in [3.05, 3.63) is 47.7 Å². The first kappa shape index (κ1) is 14.3. The normalized spacial score (nSPS) is 12.3. The summed E-state index contributed by atoms with van der Waals surface area (Å²) < 4.78 is 7.35. The number of nitrogens with two attached hydrogens (primary N) is 1. The topological polar surface area (TPSA) is 57.2 Å². The van der Waals surface area contributed by atoms with Crippen LogP contribution in [0.4, 0.5) is 0 Å². The predicted octanol–water partition coefficient (Wildman–Crippen LogP) is 2.77. The molecule has 1 aromatic carbocycles. The number of primary amides is 1. The molecule has 0 aliphatic carbocycles. The van der Waals surface area contributed by atoms with Gasteiger partial charge in [-0.25, -0.2) is 0 Å². The lowest BCUT2D eigenvalue weighted by Gasteiger charge is -2.19. The summed E-state index contributed by atoms with van der Waals surface area (Å²) in [6.45, 7) is 4.56. The molecule has 0 radical (unpaired) electrons. The summed E-state index contributed by atoms with van der Waals surface area (Å²) in [5, 5.41) is 0. The van der Waals surface area contributed by atoms with Crippen LogP contribution in [0, 0.1) is 6.92 Å². The number of benzene rings is 1. The molecule has 1 amide bonds. The molecule has 0 bridgehead atoms. The zero-order chi connectivity index (χ0) is 14.7. The SMILES string of the molecule is COCC(C)n1c(-c2ccccc2)cc(C(N)=O)c1C. The Labute approximate surface area is 119 Å². The molecule has 20 heavy (non-hydrogen) atoms. The highest BCUT2D eigenvalue weighted by Crippen LogP contribution is 2.29. The van der Waals surface area contributed by atoms with E-state index in [1.54, 1.807) is 7.11 Å². The van der Waals surface area contributed by atoms with E-state index in [1.165, 1.54) is 0 Å². The third kappa shape index (κ3) is 2.60. The average molecular weight is 272 g/mol. The van der Waals surface area contributed by atoms with Crippen molar-refractivity contribution in [1.82, 2.24) is 4.57 Å². The highest BCUT2D eigenvalue weighted by Gasteiger charge is 2.19. The molecule has 2 aromatic rings. The van der Waals surface area contributed by atoms with E-state index in [-0.39, 0.29) is 6.04 Å². The van der Waals surface area contributed by atoms with Crippen LogP contribution >= 0.6 is 0 Å². The molecule has 0 spiro atoms. The Morgan fingerprint density at radius 3 is 2.55 bits per heavy atom. The van der Waals surface area contributed by atoms with Gasteiger partial charge in [0.1, 0.15) is 0 Å². The highest BCUT2D eigenvalue weighted by atomic mass is 16.5. The summed E-state index contributed by atoms with van der Waals surface area (Å²) in [7, 11) is 1.67. The summed E-state index contributed by atoms with van der Waals surface area (Å²) >= 11 is 0. The van der Waals surface area contributed by atoms with Gasteiger partial charge in [-0.15, -0.1) is 0 Å². The number of methoxy groups -OCH3 is 1. The van der Waals surface area contributed by atoms with Gasteiger partial charge in [0.25, 0.3) is 5.91 Å². The third-order valence-electron chi connectivity index (χ3n) is 3.48. The predicted molar refractivity (Wildman–Crippen MR) is 79.7 cm³/mol. The molecule has 1 unspecified atom stereocenters. The molecule has 4 heteroatoms. The van der Waals surface area contributed by atoms with E-state index in [0.717, 1.165) is 17.0 Å². The summed E-state index contributed by atoms with van der Waals surface area (Å²) in [6.07, 6.45) is 0. The van der Waals surface area contributed by atoms with Crippen molar-refractivity contribution in [2.24, 2.45) is 5.73 Å². The Morgan fingerprint density at radius 2 is 2.00 bits per heavy atom. The number of carbonyl (C=O) groups excluding carboxylic acids is 1. The molecule has 0 saturated heterocycles. The van der Waals surface area contributed by atoms with Crippen molar-refractivity contribution in [1.29, 1.82) is 0 Å². The van der Waals surface area contributed by atoms with E-state index >= 15 is 0 Å². The minimum atomic E-state index is -0.400. The minimum Gasteiger partial charge on any atom is -0.383 e. The second kappa shape index (κ2) is 5.92. The summed E-state index contributed by atoms with van der Waals surface area (Å²) in [5.41, 5.74) is 8.95. The van der Waals surface area contributed by atoms with Crippen molar-refractivity contribution < 1.29 is 9.53 Å². The maximum Gasteiger partial charge on any atom is 0.250 e. The smallest absolute Gasteiger partial charge is 0.250 e. The molecule has 1 atom stereocenters. The fourth-order valence-corrected chi connectivity index (χ4v) is 2.59. The standard InChI is InChI=1S/C16H20N2O2/c1-11(10-20-3)18-12(2)14(16(17)19)9-15(18)13-7-5-4-6-8-13/h4-9,11H,10H2,1-3H3,(H2,17,19). The van der Waals surface area contributed by atoms with Gasteiger partial charge >= 0.3 is 0 Å². The fraction of sp³-hybridized carbons (Fsp3) is 0.312. The molecule has 0 saturated carbocycles. The molecule has 2 rings (SSSR count). The molecule has 0 aliphatic heterocycles. The number of nitrogens with zero attached hydrogens (tertiary/aromatic N) is 1. The van der Waals surface area contributed by atoms with Crippen molar-refractivity contribution in [2.75, 3.05) is 13.7 Å². The zero-order valence-corrected chi connectivity index (χ0v) is 12.1. The maximum atomic E-state index is 11.6. The molecule has 1 aromatic heterocycles. The van der Waals surface area contributed by atoms with E-state index < -0.39 is 5.91 Å². The van der Waals surface area contributed by atoms with Gasteiger partial charge in [-0.3, -0.25) is 4.79 Å². The molecule has 0 aliphatic rings. The molecule has 1 heterocycles. The highest BCUT2D eigenvalue weighted by molar-refractivity contribution is 5.95. The number of carbonyl (C=O) groups is 1. The van der Waals surface area contributed by atoms with E-state index in [2.05, 4.69) is 11.5 Å². The number of rotatable bonds is 5. The van der Waals surface area contributed by atoms with Crippen LogP contribution < -0.4 is 5.73 Å². The molecular formula is C16H20N2O2. The third-order valence-corrected chi connectivity index (χ3v) is 3.48. The lowest BCUT2D eigenvalue weighted by atomic mass is 10.1.